The molecule has 2 heteroatoms. The van der Waals surface area contributed by atoms with Crippen molar-refractivity contribution in [1.82, 2.24) is 0 Å². The molecule has 116 valence electrons. The van der Waals surface area contributed by atoms with Crippen LogP contribution in [0.3, 0.4) is 0 Å². The van der Waals surface area contributed by atoms with Gasteiger partial charge in [-0.05, 0) is 54.1 Å². The van der Waals surface area contributed by atoms with Gasteiger partial charge in [0, 0.05) is 20.1 Å². The lowest BCUT2D eigenvalue weighted by Crippen LogP contribution is -1.89. The van der Waals surface area contributed by atoms with Gasteiger partial charge in [-0.25, -0.2) is 0 Å². The standard InChI is InChI=1S/C22H14Br2/c23-21(16-11-5-2-6-12-16)20-17-13-7-8-14-18(17)22(24)19(20)15-9-3-1-4-10-15/h1-14H/b21-20-. The van der Waals surface area contributed by atoms with Gasteiger partial charge in [0.2, 0.25) is 0 Å². The summed E-state index contributed by atoms with van der Waals surface area (Å²) in [5.74, 6) is 0. The second-order valence-corrected chi connectivity index (χ2v) is 7.24. The number of fused-ring (bicyclic) bond motifs is 1. The molecule has 0 saturated heterocycles. The molecule has 0 spiro atoms. The van der Waals surface area contributed by atoms with Crippen LogP contribution in [-0.2, 0) is 0 Å². The Bertz CT molecular complexity index is 952. The second-order valence-electron chi connectivity index (χ2n) is 5.66. The molecule has 0 aliphatic heterocycles. The molecule has 0 bridgehead atoms. The summed E-state index contributed by atoms with van der Waals surface area (Å²) in [6, 6.07) is 29.5. The fourth-order valence-corrected chi connectivity index (χ4v) is 4.55. The fourth-order valence-electron chi connectivity index (χ4n) is 3.10. The molecule has 0 N–H and O–H groups in total. The number of benzene rings is 3. The van der Waals surface area contributed by atoms with Crippen LogP contribution in [0.4, 0.5) is 0 Å². The first kappa shape index (κ1) is 15.6. The second kappa shape index (κ2) is 6.54. The third-order valence-electron chi connectivity index (χ3n) is 4.21. The van der Waals surface area contributed by atoms with E-state index in [9.17, 15) is 0 Å². The highest BCUT2D eigenvalue weighted by atomic mass is 79.9. The summed E-state index contributed by atoms with van der Waals surface area (Å²) >= 11 is 7.72. The molecule has 1 aliphatic carbocycles. The topological polar surface area (TPSA) is 0 Å². The molecule has 0 radical (unpaired) electrons. The Morgan fingerprint density at radius 3 is 1.83 bits per heavy atom. The molecule has 3 aromatic carbocycles. The van der Waals surface area contributed by atoms with E-state index >= 15 is 0 Å². The zero-order valence-corrected chi connectivity index (χ0v) is 16.0. The highest BCUT2D eigenvalue weighted by Crippen LogP contribution is 2.52. The monoisotopic (exact) mass is 436 g/mol. The molecule has 1 aliphatic rings. The number of halogens is 2. The largest absolute Gasteiger partial charge is 0.0622 e. The van der Waals surface area contributed by atoms with Crippen molar-refractivity contribution in [3.8, 4) is 0 Å². The molecule has 4 rings (SSSR count). The fraction of sp³-hybridized carbons (Fsp3) is 0. The Morgan fingerprint density at radius 2 is 1.17 bits per heavy atom. The summed E-state index contributed by atoms with van der Waals surface area (Å²) < 4.78 is 2.26. The van der Waals surface area contributed by atoms with Gasteiger partial charge in [0.05, 0.1) is 0 Å². The van der Waals surface area contributed by atoms with Crippen molar-refractivity contribution in [2.45, 2.75) is 0 Å². The predicted molar refractivity (Wildman–Crippen MR) is 111 cm³/mol. The van der Waals surface area contributed by atoms with Crippen LogP contribution in [0.15, 0.2) is 84.9 Å². The molecule has 0 heterocycles. The Labute approximate surface area is 158 Å². The van der Waals surface area contributed by atoms with Gasteiger partial charge in [0.25, 0.3) is 0 Å². The van der Waals surface area contributed by atoms with E-state index in [-0.39, 0.29) is 0 Å². The maximum atomic E-state index is 3.87. The normalized spacial score (nSPS) is 15.4. The van der Waals surface area contributed by atoms with Crippen LogP contribution in [0.2, 0.25) is 0 Å². The molecule has 24 heavy (non-hydrogen) atoms. The van der Waals surface area contributed by atoms with Crippen molar-refractivity contribution >= 4 is 52.0 Å². The van der Waals surface area contributed by atoms with Crippen LogP contribution in [-0.4, -0.2) is 0 Å². The number of allylic oxidation sites excluding steroid dienone is 2. The van der Waals surface area contributed by atoms with E-state index in [1.807, 2.05) is 6.07 Å². The first-order valence-corrected chi connectivity index (χ1v) is 9.36. The van der Waals surface area contributed by atoms with Gasteiger partial charge in [-0.1, -0.05) is 84.9 Å². The molecule has 0 saturated carbocycles. The minimum atomic E-state index is 1.11. The summed E-state index contributed by atoms with van der Waals surface area (Å²) in [7, 11) is 0. The Balaban J connectivity index is 2.03. The summed E-state index contributed by atoms with van der Waals surface area (Å²) in [5.41, 5.74) is 7.34. The maximum absolute atomic E-state index is 3.87. The lowest BCUT2D eigenvalue weighted by atomic mass is 9.95. The van der Waals surface area contributed by atoms with Crippen molar-refractivity contribution < 1.29 is 0 Å². The lowest BCUT2D eigenvalue weighted by molar-refractivity contribution is 1.60. The molecule has 0 nitrogen and oxygen atoms in total. The van der Waals surface area contributed by atoms with Crippen molar-refractivity contribution in [2.75, 3.05) is 0 Å². The number of hydrogen-bond acceptors (Lipinski definition) is 0. The molecule has 0 fully saturated rings. The highest BCUT2D eigenvalue weighted by Gasteiger charge is 2.28. The Hall–Kier alpha value is -1.90. The molecule has 0 atom stereocenters. The van der Waals surface area contributed by atoms with Crippen LogP contribution in [0, 0.1) is 0 Å². The van der Waals surface area contributed by atoms with E-state index in [1.54, 1.807) is 0 Å². The lowest BCUT2D eigenvalue weighted by Gasteiger charge is -2.12. The smallest absolute Gasteiger partial charge is 0.0339 e. The van der Waals surface area contributed by atoms with Crippen molar-refractivity contribution in [3.63, 3.8) is 0 Å². The van der Waals surface area contributed by atoms with Gasteiger partial charge < -0.3 is 0 Å². The Kier molecular flexibility index (Phi) is 4.26. The number of hydrogen-bond donors (Lipinski definition) is 0. The summed E-state index contributed by atoms with van der Waals surface area (Å²) in [4.78, 5) is 0. The average Bonchev–Trinajstić information content (AvgIpc) is 2.95. The molecule has 0 unspecified atom stereocenters. The van der Waals surface area contributed by atoms with E-state index in [0.717, 1.165) is 8.96 Å². The molecular formula is C22H14Br2. The van der Waals surface area contributed by atoms with E-state index < -0.39 is 0 Å². The SMILES string of the molecule is BrC1=C(c2ccccc2)/C(=C(\Br)c2ccccc2)c2ccccc21. The predicted octanol–water partition coefficient (Wildman–Crippen LogP) is 7.23. The van der Waals surface area contributed by atoms with Gasteiger partial charge in [0.1, 0.15) is 0 Å². The average molecular weight is 438 g/mol. The molecular weight excluding hydrogens is 424 g/mol. The maximum Gasteiger partial charge on any atom is 0.0339 e. The molecule has 0 amide bonds. The van der Waals surface area contributed by atoms with E-state index in [2.05, 4.69) is 111 Å². The van der Waals surface area contributed by atoms with E-state index in [4.69, 9.17) is 0 Å². The van der Waals surface area contributed by atoms with Gasteiger partial charge in [-0.3, -0.25) is 0 Å². The van der Waals surface area contributed by atoms with E-state index in [0.29, 0.717) is 0 Å². The van der Waals surface area contributed by atoms with Crippen LogP contribution in [0.1, 0.15) is 22.3 Å². The van der Waals surface area contributed by atoms with Gasteiger partial charge >= 0.3 is 0 Å². The summed E-state index contributed by atoms with van der Waals surface area (Å²) in [6.07, 6.45) is 0. The zero-order chi connectivity index (χ0) is 16.5. The summed E-state index contributed by atoms with van der Waals surface area (Å²) in [6.45, 7) is 0. The van der Waals surface area contributed by atoms with Crippen LogP contribution in [0.25, 0.3) is 20.1 Å². The van der Waals surface area contributed by atoms with Gasteiger partial charge in [-0.15, -0.1) is 0 Å². The van der Waals surface area contributed by atoms with Crippen LogP contribution in [0.5, 0.6) is 0 Å². The quantitative estimate of drug-likeness (QED) is 0.396. The van der Waals surface area contributed by atoms with Crippen molar-refractivity contribution in [3.05, 3.63) is 107 Å². The van der Waals surface area contributed by atoms with Crippen LogP contribution < -0.4 is 0 Å². The summed E-state index contributed by atoms with van der Waals surface area (Å²) in [5, 5.41) is 0. The highest BCUT2D eigenvalue weighted by molar-refractivity contribution is 9.15. The van der Waals surface area contributed by atoms with E-state index in [1.165, 1.54) is 33.4 Å². The van der Waals surface area contributed by atoms with Crippen LogP contribution >= 0.6 is 31.9 Å². The Morgan fingerprint density at radius 1 is 0.625 bits per heavy atom. The molecule has 3 aromatic rings. The number of rotatable bonds is 2. The first-order valence-electron chi connectivity index (χ1n) is 7.78. The zero-order valence-electron chi connectivity index (χ0n) is 12.8. The first-order chi connectivity index (χ1) is 11.8. The van der Waals surface area contributed by atoms with Crippen molar-refractivity contribution in [2.24, 2.45) is 0 Å². The van der Waals surface area contributed by atoms with Gasteiger partial charge in [-0.2, -0.15) is 0 Å². The third kappa shape index (κ3) is 2.60. The molecule has 0 aromatic heterocycles. The minimum Gasteiger partial charge on any atom is -0.0622 e. The third-order valence-corrected chi connectivity index (χ3v) is 5.89. The minimum absolute atomic E-state index is 1.11. The van der Waals surface area contributed by atoms with Crippen molar-refractivity contribution in [1.29, 1.82) is 0 Å². The van der Waals surface area contributed by atoms with Gasteiger partial charge in [0.15, 0.2) is 0 Å².